The molecule has 0 fully saturated rings. The van der Waals surface area contributed by atoms with Gasteiger partial charge in [0.1, 0.15) is 17.7 Å². The minimum Gasteiger partial charge on any atom is -0.492 e. The van der Waals surface area contributed by atoms with E-state index in [1.807, 2.05) is 6.92 Å². The van der Waals surface area contributed by atoms with Crippen molar-refractivity contribution in [1.82, 2.24) is 10.2 Å². The number of esters is 1. The van der Waals surface area contributed by atoms with Gasteiger partial charge >= 0.3 is 5.97 Å². The van der Waals surface area contributed by atoms with Crippen molar-refractivity contribution in [3.63, 3.8) is 0 Å². The number of methoxy groups -OCH3 is 1. The van der Waals surface area contributed by atoms with Gasteiger partial charge in [0.15, 0.2) is 11.5 Å². The monoisotopic (exact) mass is 436 g/mol. The van der Waals surface area contributed by atoms with Gasteiger partial charge < -0.3 is 24.8 Å². The third-order valence-electron chi connectivity index (χ3n) is 4.54. The number of aliphatic hydroxyl groups excluding tert-OH is 1. The van der Waals surface area contributed by atoms with Gasteiger partial charge in [-0.15, -0.1) is 6.58 Å². The Kier molecular flexibility index (Phi) is 8.75. The summed E-state index contributed by atoms with van der Waals surface area (Å²) in [7, 11) is 1.20. The van der Waals surface area contributed by atoms with E-state index in [-0.39, 0.29) is 42.3 Å². The number of ether oxygens (including phenoxy) is 2. The van der Waals surface area contributed by atoms with Crippen LogP contribution in [0.5, 0.6) is 0 Å². The molecule has 1 heterocycles. The number of hydrogen-bond acceptors (Lipinski definition) is 6. The molecule has 1 aliphatic rings. The summed E-state index contributed by atoms with van der Waals surface area (Å²) in [6.07, 6.45) is 2.75. The van der Waals surface area contributed by atoms with Gasteiger partial charge in [0, 0.05) is 30.9 Å². The first-order valence-electron chi connectivity index (χ1n) is 9.78. The molecule has 1 aliphatic heterocycles. The van der Waals surface area contributed by atoms with Gasteiger partial charge in [-0.3, -0.25) is 4.79 Å². The van der Waals surface area contributed by atoms with Gasteiger partial charge in [0.05, 0.1) is 19.3 Å². The van der Waals surface area contributed by atoms with Crippen molar-refractivity contribution >= 4 is 11.9 Å². The molecule has 0 spiro atoms. The summed E-state index contributed by atoms with van der Waals surface area (Å²) in [5, 5.41) is 13.3. The number of hydrogen-bond donors (Lipinski definition) is 2. The van der Waals surface area contributed by atoms with Crippen molar-refractivity contribution in [1.29, 1.82) is 0 Å². The molecular weight excluding hydrogens is 410 g/mol. The van der Waals surface area contributed by atoms with E-state index < -0.39 is 29.6 Å². The zero-order valence-electron chi connectivity index (χ0n) is 17.5. The average molecular weight is 436 g/mol. The van der Waals surface area contributed by atoms with Crippen LogP contribution in [0.4, 0.5) is 8.78 Å². The molecule has 1 unspecified atom stereocenters. The van der Waals surface area contributed by atoms with Crippen molar-refractivity contribution < 1.29 is 33.0 Å². The molecule has 0 bridgehead atoms. The molecule has 1 amide bonds. The fourth-order valence-corrected chi connectivity index (χ4v) is 2.91. The Morgan fingerprint density at radius 3 is 2.71 bits per heavy atom. The zero-order chi connectivity index (χ0) is 23.0. The Morgan fingerprint density at radius 2 is 2.10 bits per heavy atom. The van der Waals surface area contributed by atoms with Crippen LogP contribution < -0.4 is 5.32 Å². The van der Waals surface area contributed by atoms with E-state index in [4.69, 9.17) is 9.47 Å². The van der Waals surface area contributed by atoms with Crippen molar-refractivity contribution in [2.75, 3.05) is 20.3 Å². The maximum absolute atomic E-state index is 13.8. The third kappa shape index (κ3) is 5.91. The van der Waals surface area contributed by atoms with Crippen LogP contribution in [0.1, 0.15) is 25.3 Å². The number of carbonyl (C=O) groups is 2. The normalized spacial score (nSPS) is 16.0. The Balaban J connectivity index is 2.30. The van der Waals surface area contributed by atoms with Gasteiger partial charge in [-0.05, 0) is 12.5 Å². The molecule has 0 aliphatic carbocycles. The summed E-state index contributed by atoms with van der Waals surface area (Å²) in [6.45, 7) is 5.72. The predicted octanol–water partition coefficient (Wildman–Crippen LogP) is 2.53. The minimum absolute atomic E-state index is 0.0351. The van der Waals surface area contributed by atoms with E-state index in [0.717, 1.165) is 12.5 Å². The van der Waals surface area contributed by atoms with Gasteiger partial charge in [0.2, 0.25) is 0 Å². The highest BCUT2D eigenvalue weighted by atomic mass is 19.1. The molecule has 2 rings (SSSR count). The molecule has 1 aromatic rings. The second-order valence-corrected chi connectivity index (χ2v) is 6.75. The topological polar surface area (TPSA) is 88.1 Å². The molecule has 9 heteroatoms. The maximum Gasteiger partial charge on any atom is 0.358 e. The van der Waals surface area contributed by atoms with Crippen LogP contribution in [-0.4, -0.2) is 48.2 Å². The molecule has 2 N–H and O–H groups in total. The lowest BCUT2D eigenvalue weighted by Crippen LogP contribution is -2.40. The molecule has 0 saturated carbocycles. The molecule has 0 saturated heterocycles. The molecule has 1 aromatic carbocycles. The van der Waals surface area contributed by atoms with E-state index in [0.29, 0.717) is 12.5 Å². The highest BCUT2D eigenvalue weighted by Crippen LogP contribution is 2.28. The number of nitrogens with zero attached hydrogens (tertiary/aromatic N) is 1. The summed E-state index contributed by atoms with van der Waals surface area (Å²) >= 11 is 0. The van der Waals surface area contributed by atoms with Crippen LogP contribution in [-0.2, 0) is 25.6 Å². The van der Waals surface area contributed by atoms with E-state index >= 15 is 0 Å². The largest absolute Gasteiger partial charge is 0.492 e. The van der Waals surface area contributed by atoms with Gasteiger partial charge in [-0.2, -0.15) is 0 Å². The fourth-order valence-electron chi connectivity index (χ4n) is 2.91. The van der Waals surface area contributed by atoms with Gasteiger partial charge in [0.25, 0.3) is 5.91 Å². The summed E-state index contributed by atoms with van der Waals surface area (Å²) in [4.78, 5) is 26.5. The zero-order valence-corrected chi connectivity index (χ0v) is 17.5. The summed E-state index contributed by atoms with van der Waals surface area (Å²) < 4.78 is 37.4. The average Bonchev–Trinajstić information content (AvgIpc) is 2.74. The minimum atomic E-state index is -1.54. The van der Waals surface area contributed by atoms with Crippen LogP contribution in [0, 0.1) is 11.6 Å². The third-order valence-corrected chi connectivity index (χ3v) is 4.54. The molecule has 7 nitrogen and oxygen atoms in total. The highest BCUT2D eigenvalue weighted by Gasteiger charge is 2.36. The Bertz CT molecular complexity index is 898. The van der Waals surface area contributed by atoms with Crippen molar-refractivity contribution in [3.05, 3.63) is 71.3 Å². The first-order chi connectivity index (χ1) is 14.8. The molecule has 168 valence electrons. The maximum atomic E-state index is 13.8. The standard InChI is InChI=1S/C22H26F2N2O5/c1-4-6-10-31-20-18(22(29)30-3)26(9-5-2)13-16(19(20)27)21(28)25-12-14-7-8-15(23)11-17(14)24/h5,7-8,11,13,19,27H,2,4,6,9-10,12H2,1,3H3,(H,25,28). The van der Waals surface area contributed by atoms with Gasteiger partial charge in [-0.1, -0.05) is 25.5 Å². The first kappa shape index (κ1) is 24.1. The Morgan fingerprint density at radius 1 is 1.35 bits per heavy atom. The number of unbranched alkanes of at least 4 members (excludes halogenated alkanes) is 1. The van der Waals surface area contributed by atoms with Crippen molar-refractivity contribution in [2.45, 2.75) is 32.4 Å². The van der Waals surface area contributed by atoms with Crippen LogP contribution in [0.2, 0.25) is 0 Å². The highest BCUT2D eigenvalue weighted by molar-refractivity contribution is 5.97. The van der Waals surface area contributed by atoms with Gasteiger partial charge in [-0.25, -0.2) is 13.6 Å². The van der Waals surface area contributed by atoms with Crippen LogP contribution in [0.25, 0.3) is 0 Å². The molecular formula is C22H26F2N2O5. The Hall–Kier alpha value is -3.20. The molecule has 1 atom stereocenters. The smallest absolute Gasteiger partial charge is 0.358 e. The molecule has 0 aromatic heterocycles. The second kappa shape index (κ2) is 11.3. The number of nitrogens with one attached hydrogen (secondary N) is 1. The predicted molar refractivity (Wildman–Crippen MR) is 109 cm³/mol. The van der Waals surface area contributed by atoms with E-state index in [1.54, 1.807) is 0 Å². The molecule has 31 heavy (non-hydrogen) atoms. The van der Waals surface area contributed by atoms with E-state index in [2.05, 4.69) is 11.9 Å². The van der Waals surface area contributed by atoms with Crippen molar-refractivity contribution in [2.24, 2.45) is 0 Å². The number of halogens is 2. The number of carbonyl (C=O) groups excluding carboxylic acids is 2. The Labute approximate surface area is 179 Å². The van der Waals surface area contributed by atoms with Crippen LogP contribution in [0.3, 0.4) is 0 Å². The van der Waals surface area contributed by atoms with Crippen LogP contribution >= 0.6 is 0 Å². The summed E-state index contributed by atoms with van der Waals surface area (Å²) in [5.41, 5.74) is -0.0653. The molecule has 0 radical (unpaired) electrons. The SMILES string of the molecule is C=CCN1C=C(C(=O)NCc2ccc(F)cc2F)C(O)C(OCCCC)=C1C(=O)OC. The second-order valence-electron chi connectivity index (χ2n) is 6.75. The lowest BCUT2D eigenvalue weighted by molar-refractivity contribution is -0.138. The number of aliphatic hydroxyl groups is 1. The quantitative estimate of drug-likeness (QED) is 0.333. The summed E-state index contributed by atoms with van der Waals surface area (Å²) in [6, 6.07) is 3.01. The van der Waals surface area contributed by atoms with Crippen molar-refractivity contribution in [3.8, 4) is 0 Å². The fraction of sp³-hybridized carbons (Fsp3) is 0.364. The first-order valence-corrected chi connectivity index (χ1v) is 9.78. The lowest BCUT2D eigenvalue weighted by atomic mass is 10.0. The number of amides is 1. The lowest BCUT2D eigenvalue weighted by Gasteiger charge is -2.32. The van der Waals surface area contributed by atoms with E-state index in [9.17, 15) is 23.5 Å². The van der Waals surface area contributed by atoms with Crippen LogP contribution in [0.15, 0.2) is 54.1 Å². The number of rotatable bonds is 10. The number of benzene rings is 1. The summed E-state index contributed by atoms with van der Waals surface area (Å²) in [5.74, 6) is -3.08. The van der Waals surface area contributed by atoms with E-state index in [1.165, 1.54) is 30.4 Å².